The first-order valence-electron chi connectivity index (χ1n) is 8.78. The Morgan fingerprint density at radius 2 is 1.82 bits per heavy atom. The van der Waals surface area contributed by atoms with Crippen LogP contribution in [0.25, 0.3) is 16.9 Å². The predicted octanol–water partition coefficient (Wildman–Crippen LogP) is 5.28. The molecule has 4 nitrogen and oxygen atoms in total. The number of hydrogen-bond donors (Lipinski definition) is 1. The van der Waals surface area contributed by atoms with Crippen molar-refractivity contribution in [1.29, 1.82) is 0 Å². The van der Waals surface area contributed by atoms with E-state index in [1.165, 1.54) is 12.1 Å². The van der Waals surface area contributed by atoms with Crippen LogP contribution in [-0.2, 0) is 11.2 Å². The molecule has 0 atom stereocenters. The average molecular weight is 394 g/mol. The van der Waals surface area contributed by atoms with Crippen LogP contribution < -0.4 is 5.32 Å². The molecule has 1 amide bonds. The van der Waals surface area contributed by atoms with E-state index in [4.69, 9.17) is 16.6 Å². The Hall–Kier alpha value is -3.18. The average Bonchev–Trinajstić information content (AvgIpc) is 3.01. The molecule has 0 unspecified atom stereocenters. The number of carbonyl (C=O) groups is 1. The van der Waals surface area contributed by atoms with E-state index in [9.17, 15) is 9.18 Å². The number of carbonyl (C=O) groups excluding carboxylic acids is 1. The van der Waals surface area contributed by atoms with Crippen LogP contribution >= 0.6 is 11.6 Å². The van der Waals surface area contributed by atoms with E-state index in [0.29, 0.717) is 16.5 Å². The standard InChI is InChI=1S/C22H17ClFN3O/c1-14-10-11-27-19(12-14)25-21(16-4-6-17(23)7-5-16)22(27)26-20(28)13-15-2-8-18(24)9-3-15/h2-12H,13H2,1H3,(H,26,28). The number of aryl methyl sites for hydroxylation is 1. The highest BCUT2D eigenvalue weighted by Crippen LogP contribution is 2.30. The first-order valence-corrected chi connectivity index (χ1v) is 9.16. The van der Waals surface area contributed by atoms with Crippen molar-refractivity contribution < 1.29 is 9.18 Å². The number of rotatable bonds is 4. The predicted molar refractivity (Wildman–Crippen MR) is 109 cm³/mol. The molecule has 0 bridgehead atoms. The number of nitrogens with one attached hydrogen (secondary N) is 1. The summed E-state index contributed by atoms with van der Waals surface area (Å²) in [6.45, 7) is 1.99. The number of aromatic nitrogens is 2. The molecule has 140 valence electrons. The lowest BCUT2D eigenvalue weighted by Crippen LogP contribution is -2.16. The van der Waals surface area contributed by atoms with Gasteiger partial charge in [-0.05, 0) is 54.4 Å². The fourth-order valence-corrected chi connectivity index (χ4v) is 3.16. The normalized spacial score (nSPS) is 11.0. The summed E-state index contributed by atoms with van der Waals surface area (Å²) in [5, 5.41) is 3.59. The van der Waals surface area contributed by atoms with Crippen molar-refractivity contribution >= 4 is 29.0 Å². The second kappa shape index (κ2) is 7.44. The molecule has 0 saturated carbocycles. The van der Waals surface area contributed by atoms with Gasteiger partial charge in [-0.15, -0.1) is 0 Å². The molecule has 0 aliphatic heterocycles. The van der Waals surface area contributed by atoms with Gasteiger partial charge in [-0.25, -0.2) is 9.37 Å². The van der Waals surface area contributed by atoms with Gasteiger partial charge in [0.05, 0.1) is 6.42 Å². The second-order valence-corrected chi connectivity index (χ2v) is 7.04. The van der Waals surface area contributed by atoms with Crippen LogP contribution in [0.15, 0.2) is 66.9 Å². The van der Waals surface area contributed by atoms with E-state index in [1.807, 2.05) is 41.8 Å². The Balaban J connectivity index is 1.71. The molecular formula is C22H17ClFN3O. The van der Waals surface area contributed by atoms with Crippen LogP contribution in [0.3, 0.4) is 0 Å². The molecule has 4 rings (SSSR count). The molecule has 2 aromatic carbocycles. The largest absolute Gasteiger partial charge is 0.310 e. The molecule has 4 aromatic rings. The van der Waals surface area contributed by atoms with Gasteiger partial charge in [0.15, 0.2) is 0 Å². The van der Waals surface area contributed by atoms with Crippen LogP contribution in [0.1, 0.15) is 11.1 Å². The third kappa shape index (κ3) is 3.75. The molecule has 2 heterocycles. The van der Waals surface area contributed by atoms with Crippen molar-refractivity contribution in [2.75, 3.05) is 5.32 Å². The number of amides is 1. The van der Waals surface area contributed by atoms with Gasteiger partial charge in [-0.3, -0.25) is 9.20 Å². The van der Waals surface area contributed by atoms with E-state index in [0.717, 1.165) is 22.3 Å². The zero-order valence-electron chi connectivity index (χ0n) is 15.1. The van der Waals surface area contributed by atoms with Gasteiger partial charge in [-0.1, -0.05) is 35.9 Å². The van der Waals surface area contributed by atoms with Crippen molar-refractivity contribution in [2.24, 2.45) is 0 Å². The van der Waals surface area contributed by atoms with Crippen molar-refractivity contribution in [3.63, 3.8) is 0 Å². The monoisotopic (exact) mass is 393 g/mol. The number of pyridine rings is 1. The number of fused-ring (bicyclic) bond motifs is 1. The number of anilines is 1. The van der Waals surface area contributed by atoms with E-state index in [2.05, 4.69) is 5.32 Å². The Morgan fingerprint density at radius 3 is 2.54 bits per heavy atom. The Kier molecular flexibility index (Phi) is 4.84. The van der Waals surface area contributed by atoms with E-state index in [1.54, 1.807) is 24.3 Å². The molecule has 1 N–H and O–H groups in total. The number of benzene rings is 2. The van der Waals surface area contributed by atoms with Crippen LogP contribution in [0.2, 0.25) is 5.02 Å². The van der Waals surface area contributed by atoms with Gasteiger partial charge in [0, 0.05) is 16.8 Å². The molecule has 28 heavy (non-hydrogen) atoms. The number of nitrogens with zero attached hydrogens (tertiary/aromatic N) is 2. The van der Waals surface area contributed by atoms with Crippen molar-refractivity contribution in [1.82, 2.24) is 9.38 Å². The maximum atomic E-state index is 13.1. The SMILES string of the molecule is Cc1ccn2c(NC(=O)Cc3ccc(F)cc3)c(-c3ccc(Cl)cc3)nc2c1. The maximum absolute atomic E-state index is 13.1. The Labute approximate surface area is 166 Å². The third-order valence-electron chi connectivity index (χ3n) is 4.44. The maximum Gasteiger partial charge on any atom is 0.229 e. The lowest BCUT2D eigenvalue weighted by molar-refractivity contribution is -0.115. The lowest BCUT2D eigenvalue weighted by Gasteiger charge is -2.08. The fourth-order valence-electron chi connectivity index (χ4n) is 3.04. The van der Waals surface area contributed by atoms with Crippen molar-refractivity contribution in [2.45, 2.75) is 13.3 Å². The molecule has 0 aliphatic rings. The van der Waals surface area contributed by atoms with Crippen molar-refractivity contribution in [3.05, 3.63) is 88.8 Å². The summed E-state index contributed by atoms with van der Waals surface area (Å²) in [5.41, 5.74) is 4.06. The third-order valence-corrected chi connectivity index (χ3v) is 4.69. The van der Waals surface area contributed by atoms with E-state index < -0.39 is 0 Å². The van der Waals surface area contributed by atoms with Gasteiger partial charge in [0.2, 0.25) is 5.91 Å². The number of imidazole rings is 1. The van der Waals surface area contributed by atoms with Crippen molar-refractivity contribution in [3.8, 4) is 11.3 Å². The van der Waals surface area contributed by atoms with E-state index >= 15 is 0 Å². The summed E-state index contributed by atoms with van der Waals surface area (Å²) in [7, 11) is 0. The second-order valence-electron chi connectivity index (χ2n) is 6.60. The summed E-state index contributed by atoms with van der Waals surface area (Å²) in [6, 6.07) is 17.1. The quantitative estimate of drug-likeness (QED) is 0.512. The first kappa shape index (κ1) is 18.2. The highest BCUT2D eigenvalue weighted by atomic mass is 35.5. The van der Waals surface area contributed by atoms with Crippen LogP contribution in [0, 0.1) is 12.7 Å². The fraction of sp³-hybridized carbons (Fsp3) is 0.0909. The molecule has 0 spiro atoms. The summed E-state index contributed by atoms with van der Waals surface area (Å²) in [4.78, 5) is 17.3. The molecule has 0 fully saturated rings. The van der Waals surface area contributed by atoms with Gasteiger partial charge in [0.25, 0.3) is 0 Å². The van der Waals surface area contributed by atoms with Crippen LogP contribution in [-0.4, -0.2) is 15.3 Å². The summed E-state index contributed by atoms with van der Waals surface area (Å²) in [6.07, 6.45) is 2.02. The summed E-state index contributed by atoms with van der Waals surface area (Å²) >= 11 is 6.00. The zero-order chi connectivity index (χ0) is 19.7. The van der Waals surface area contributed by atoms with Gasteiger partial charge >= 0.3 is 0 Å². The molecular weight excluding hydrogens is 377 g/mol. The lowest BCUT2D eigenvalue weighted by atomic mass is 10.1. The van der Waals surface area contributed by atoms with Gasteiger partial charge < -0.3 is 5.32 Å². The highest BCUT2D eigenvalue weighted by Gasteiger charge is 2.17. The molecule has 2 aromatic heterocycles. The number of halogens is 2. The van der Waals surface area contributed by atoms with Crippen LogP contribution in [0.5, 0.6) is 0 Å². The Bertz CT molecular complexity index is 1150. The minimum absolute atomic E-state index is 0.138. The summed E-state index contributed by atoms with van der Waals surface area (Å²) in [5.74, 6) is 0.0555. The van der Waals surface area contributed by atoms with E-state index in [-0.39, 0.29) is 18.1 Å². The molecule has 6 heteroatoms. The smallest absolute Gasteiger partial charge is 0.229 e. The van der Waals surface area contributed by atoms with Gasteiger partial charge in [0.1, 0.15) is 23.0 Å². The molecule has 0 aliphatic carbocycles. The topological polar surface area (TPSA) is 46.4 Å². The van der Waals surface area contributed by atoms with Crippen LogP contribution in [0.4, 0.5) is 10.2 Å². The number of hydrogen-bond acceptors (Lipinski definition) is 2. The highest BCUT2D eigenvalue weighted by molar-refractivity contribution is 6.30. The van der Waals surface area contributed by atoms with Gasteiger partial charge in [-0.2, -0.15) is 0 Å². The minimum Gasteiger partial charge on any atom is -0.310 e. The zero-order valence-corrected chi connectivity index (χ0v) is 15.9. The Morgan fingerprint density at radius 1 is 1.11 bits per heavy atom. The molecule has 0 saturated heterocycles. The first-order chi connectivity index (χ1) is 13.5. The minimum atomic E-state index is -0.327. The molecule has 0 radical (unpaired) electrons. The summed E-state index contributed by atoms with van der Waals surface area (Å²) < 4.78 is 14.9.